The molecule has 0 aromatic carbocycles. The highest BCUT2D eigenvalue weighted by atomic mass is 35.5. The first kappa shape index (κ1) is 17.5. The summed E-state index contributed by atoms with van der Waals surface area (Å²) in [7, 11) is 1.65. The number of hydrogen-bond donors (Lipinski definition) is 1. The first-order valence-corrected chi connectivity index (χ1v) is 8.38. The highest BCUT2D eigenvalue weighted by molar-refractivity contribution is 7.16. The molecule has 2 aromatic heterocycles. The second-order valence-electron chi connectivity index (χ2n) is 5.06. The lowest BCUT2D eigenvalue weighted by atomic mass is 10.2. The maximum absolute atomic E-state index is 12.0. The van der Waals surface area contributed by atoms with Crippen LogP contribution in [0.1, 0.15) is 34.4 Å². The Labute approximate surface area is 143 Å². The van der Waals surface area contributed by atoms with Gasteiger partial charge < -0.3 is 9.64 Å². The predicted octanol–water partition coefficient (Wildman–Crippen LogP) is 2.89. The van der Waals surface area contributed by atoms with Crippen LogP contribution in [0.3, 0.4) is 0 Å². The van der Waals surface area contributed by atoms with E-state index in [1.165, 1.54) is 16.2 Å². The summed E-state index contributed by atoms with van der Waals surface area (Å²) in [6, 6.07) is 5.29. The van der Waals surface area contributed by atoms with Crippen LogP contribution in [0.2, 0.25) is 4.34 Å². The first-order valence-electron chi connectivity index (χ1n) is 7.19. The molecule has 2 rings (SSSR count). The summed E-state index contributed by atoms with van der Waals surface area (Å²) in [5.74, 6) is -0.892. The van der Waals surface area contributed by atoms with E-state index in [2.05, 4.69) is 10.2 Å². The van der Waals surface area contributed by atoms with Crippen molar-refractivity contribution in [3.05, 3.63) is 38.8 Å². The smallest absolute Gasteiger partial charge is 0.359 e. The molecule has 0 spiro atoms. The Morgan fingerprint density at radius 1 is 1.43 bits per heavy atom. The fourth-order valence-corrected chi connectivity index (χ4v) is 3.07. The lowest BCUT2D eigenvalue weighted by molar-refractivity contribution is -0.133. The molecule has 0 radical (unpaired) electrons. The van der Waals surface area contributed by atoms with E-state index in [-0.39, 0.29) is 18.2 Å². The molecule has 1 amide bonds. The molecule has 2 heterocycles. The number of H-pyrrole nitrogens is 1. The molecule has 6 nitrogen and oxygen atoms in total. The van der Waals surface area contributed by atoms with Crippen LogP contribution in [0, 0.1) is 0 Å². The number of rotatable bonds is 7. The van der Waals surface area contributed by atoms with E-state index in [0.29, 0.717) is 10.9 Å². The van der Waals surface area contributed by atoms with Gasteiger partial charge in [-0.15, -0.1) is 11.3 Å². The van der Waals surface area contributed by atoms with E-state index in [4.69, 9.17) is 16.3 Å². The van der Waals surface area contributed by atoms with Crippen molar-refractivity contribution >= 4 is 34.8 Å². The van der Waals surface area contributed by atoms with Crippen molar-refractivity contribution in [3.8, 4) is 0 Å². The molecule has 0 saturated heterocycles. The summed E-state index contributed by atoms with van der Waals surface area (Å²) in [4.78, 5) is 26.3. The third-order valence-corrected chi connectivity index (χ3v) is 4.35. The highest BCUT2D eigenvalue weighted by Gasteiger charge is 2.16. The molecule has 0 bridgehead atoms. The van der Waals surface area contributed by atoms with Gasteiger partial charge in [0.25, 0.3) is 5.91 Å². The number of aryl methyl sites for hydroxylation is 1. The Morgan fingerprint density at radius 3 is 2.87 bits per heavy atom. The summed E-state index contributed by atoms with van der Waals surface area (Å²) in [5, 5.41) is 6.67. The van der Waals surface area contributed by atoms with Crippen LogP contribution in [0.4, 0.5) is 0 Å². The molecule has 0 atom stereocenters. The molecular formula is C15H18ClN3O3S. The molecule has 23 heavy (non-hydrogen) atoms. The van der Waals surface area contributed by atoms with Gasteiger partial charge in [0.15, 0.2) is 12.3 Å². The molecule has 8 heteroatoms. The van der Waals surface area contributed by atoms with Crippen LogP contribution in [0.5, 0.6) is 0 Å². The number of carbonyl (C=O) groups is 2. The summed E-state index contributed by atoms with van der Waals surface area (Å²) < 4.78 is 5.68. The number of esters is 1. The monoisotopic (exact) mass is 355 g/mol. The highest BCUT2D eigenvalue weighted by Crippen LogP contribution is 2.22. The molecule has 1 N–H and O–H groups in total. The number of hydrogen-bond acceptors (Lipinski definition) is 5. The second kappa shape index (κ2) is 8.12. The summed E-state index contributed by atoms with van der Waals surface area (Å²) >= 11 is 7.27. The third kappa shape index (κ3) is 5.07. The van der Waals surface area contributed by atoms with E-state index in [9.17, 15) is 9.59 Å². The predicted molar refractivity (Wildman–Crippen MR) is 88.7 cm³/mol. The molecule has 2 aromatic rings. The van der Waals surface area contributed by atoms with Crippen LogP contribution in [-0.4, -0.2) is 40.6 Å². The van der Waals surface area contributed by atoms with Crippen molar-refractivity contribution in [2.45, 2.75) is 26.3 Å². The van der Waals surface area contributed by atoms with Crippen molar-refractivity contribution < 1.29 is 14.3 Å². The van der Waals surface area contributed by atoms with Crippen molar-refractivity contribution in [2.75, 3.05) is 13.7 Å². The van der Waals surface area contributed by atoms with Crippen molar-refractivity contribution in [2.24, 2.45) is 0 Å². The summed E-state index contributed by atoms with van der Waals surface area (Å²) in [6.07, 6.45) is 1.76. The number of nitrogens with one attached hydrogen (secondary N) is 1. The molecule has 0 unspecified atom stereocenters. The largest absolute Gasteiger partial charge is 0.451 e. The van der Waals surface area contributed by atoms with Crippen LogP contribution < -0.4 is 0 Å². The zero-order valence-electron chi connectivity index (χ0n) is 13.0. The maximum atomic E-state index is 12.0. The van der Waals surface area contributed by atoms with Gasteiger partial charge in [0, 0.05) is 17.6 Å². The van der Waals surface area contributed by atoms with Gasteiger partial charge in [-0.1, -0.05) is 24.9 Å². The third-order valence-electron chi connectivity index (χ3n) is 3.13. The van der Waals surface area contributed by atoms with Gasteiger partial charge in [-0.05, 0) is 24.6 Å². The first-order chi connectivity index (χ1) is 11.0. The van der Waals surface area contributed by atoms with Crippen molar-refractivity contribution in [3.63, 3.8) is 0 Å². The minimum absolute atomic E-state index is 0.189. The molecule has 124 valence electrons. The Balaban J connectivity index is 1.81. The van der Waals surface area contributed by atoms with E-state index < -0.39 is 5.97 Å². The van der Waals surface area contributed by atoms with Crippen molar-refractivity contribution in [1.29, 1.82) is 0 Å². The Bertz CT molecular complexity index is 683. The van der Waals surface area contributed by atoms with Gasteiger partial charge >= 0.3 is 5.97 Å². The molecule has 0 aliphatic heterocycles. The molecule has 0 aliphatic rings. The zero-order chi connectivity index (χ0) is 16.8. The van der Waals surface area contributed by atoms with Gasteiger partial charge in [0.2, 0.25) is 0 Å². The maximum Gasteiger partial charge on any atom is 0.359 e. The van der Waals surface area contributed by atoms with Gasteiger partial charge in [-0.2, -0.15) is 5.10 Å². The zero-order valence-corrected chi connectivity index (χ0v) is 14.5. The fraction of sp³-hybridized carbons (Fsp3) is 0.400. The average Bonchev–Trinajstić information content (AvgIpc) is 3.14. The van der Waals surface area contributed by atoms with Crippen molar-refractivity contribution in [1.82, 2.24) is 15.1 Å². The number of aromatic nitrogens is 2. The standard InChI is InChI=1S/C15H18ClN3O3S/c1-3-4-10-7-12(18-17-10)15(21)22-9-14(20)19(2)8-11-5-6-13(16)23-11/h5-7H,3-4,8-9H2,1-2H3,(H,17,18). The van der Waals surface area contributed by atoms with Gasteiger partial charge in [-0.25, -0.2) is 4.79 Å². The van der Waals surface area contributed by atoms with E-state index in [1.54, 1.807) is 19.2 Å². The lowest BCUT2D eigenvalue weighted by Gasteiger charge is -2.15. The normalized spacial score (nSPS) is 10.6. The second-order valence-corrected chi connectivity index (χ2v) is 6.86. The number of halogens is 1. The van der Waals surface area contributed by atoms with Crippen LogP contribution >= 0.6 is 22.9 Å². The van der Waals surface area contributed by atoms with Gasteiger partial charge in [-0.3, -0.25) is 9.89 Å². The molecule has 0 fully saturated rings. The SMILES string of the molecule is CCCc1cc(C(=O)OCC(=O)N(C)Cc2ccc(Cl)s2)n[nH]1. The number of likely N-dealkylation sites (N-methyl/N-ethyl adjacent to an activating group) is 1. The lowest BCUT2D eigenvalue weighted by Crippen LogP contribution is -2.30. The number of nitrogens with zero attached hydrogens (tertiary/aromatic N) is 2. The Morgan fingerprint density at radius 2 is 2.22 bits per heavy atom. The van der Waals surface area contributed by atoms with E-state index in [1.807, 2.05) is 13.0 Å². The minimum Gasteiger partial charge on any atom is -0.451 e. The van der Waals surface area contributed by atoms with Crippen LogP contribution in [0.25, 0.3) is 0 Å². The topological polar surface area (TPSA) is 75.3 Å². The average molecular weight is 356 g/mol. The minimum atomic E-state index is -0.607. The van der Waals surface area contributed by atoms with E-state index >= 15 is 0 Å². The van der Waals surface area contributed by atoms with Gasteiger partial charge in [0.1, 0.15) is 0 Å². The molecule has 0 saturated carbocycles. The number of amides is 1. The molecule has 0 aliphatic carbocycles. The number of thiophene rings is 1. The van der Waals surface area contributed by atoms with Crippen LogP contribution in [0.15, 0.2) is 18.2 Å². The van der Waals surface area contributed by atoms with Crippen LogP contribution in [-0.2, 0) is 22.5 Å². The van der Waals surface area contributed by atoms with E-state index in [0.717, 1.165) is 23.4 Å². The van der Waals surface area contributed by atoms with Gasteiger partial charge in [0.05, 0.1) is 10.9 Å². The number of ether oxygens (including phenoxy) is 1. The Kier molecular flexibility index (Phi) is 6.18. The Hall–Kier alpha value is -1.86. The quantitative estimate of drug-likeness (QED) is 0.775. The summed E-state index contributed by atoms with van der Waals surface area (Å²) in [5.41, 5.74) is 1.06. The summed E-state index contributed by atoms with van der Waals surface area (Å²) in [6.45, 7) is 2.15. The number of carbonyl (C=O) groups excluding carboxylic acids is 2. The fourth-order valence-electron chi connectivity index (χ4n) is 1.93. The molecular weight excluding hydrogens is 338 g/mol. The number of aromatic amines is 1.